The molecule has 1 fully saturated rings. The Morgan fingerprint density at radius 3 is 2.07 bits per heavy atom. The van der Waals surface area contributed by atoms with Crippen molar-refractivity contribution in [1.29, 1.82) is 0 Å². The van der Waals surface area contributed by atoms with Crippen LogP contribution < -0.4 is 0 Å². The predicted octanol–water partition coefficient (Wildman–Crippen LogP) is 3.05. The third kappa shape index (κ3) is 4.69. The monoisotopic (exact) mass is 232 g/mol. The summed E-state index contributed by atoms with van der Waals surface area (Å²) in [4.78, 5) is 10.9. The van der Waals surface area contributed by atoms with Crippen LogP contribution in [-0.4, -0.2) is 12.3 Å². The Bertz CT molecular complexity index is 188. The van der Waals surface area contributed by atoms with Gasteiger partial charge in [-0.15, -0.1) is 25.6 Å². The summed E-state index contributed by atoms with van der Waals surface area (Å²) in [5, 5.41) is 0. The highest BCUT2D eigenvalue weighted by atomic mass is 35.5. The SMILES string of the molecule is Cl.O=C(OC(F)(F)F)C1CCCCC1. The molecule has 6 heteroatoms. The van der Waals surface area contributed by atoms with E-state index in [2.05, 4.69) is 4.74 Å². The minimum absolute atomic E-state index is 0. The molecule has 84 valence electrons. The van der Waals surface area contributed by atoms with Gasteiger partial charge in [0.25, 0.3) is 0 Å². The molecule has 2 nitrogen and oxygen atoms in total. The topological polar surface area (TPSA) is 26.3 Å². The number of alkyl halides is 3. The first-order valence-corrected chi connectivity index (χ1v) is 4.28. The first-order chi connectivity index (χ1) is 5.99. The highest BCUT2D eigenvalue weighted by Gasteiger charge is 2.36. The van der Waals surface area contributed by atoms with E-state index in [4.69, 9.17) is 0 Å². The van der Waals surface area contributed by atoms with Gasteiger partial charge in [-0.2, -0.15) is 0 Å². The number of carbonyl (C=O) groups is 1. The van der Waals surface area contributed by atoms with Crippen LogP contribution in [0.25, 0.3) is 0 Å². The molecule has 0 heterocycles. The molecular formula is C8H12ClF3O2. The molecule has 0 N–H and O–H groups in total. The van der Waals surface area contributed by atoms with Crippen LogP contribution in [0, 0.1) is 5.92 Å². The van der Waals surface area contributed by atoms with Crippen LogP contribution in [0.15, 0.2) is 0 Å². The van der Waals surface area contributed by atoms with E-state index >= 15 is 0 Å². The quantitative estimate of drug-likeness (QED) is 0.650. The smallest absolute Gasteiger partial charge is 0.373 e. The third-order valence-electron chi connectivity index (χ3n) is 2.15. The minimum Gasteiger partial charge on any atom is -0.373 e. The van der Waals surface area contributed by atoms with E-state index in [1.165, 1.54) is 0 Å². The largest absolute Gasteiger partial charge is 0.575 e. The van der Waals surface area contributed by atoms with Gasteiger partial charge in [-0.1, -0.05) is 19.3 Å². The molecule has 0 amide bonds. The molecule has 0 aliphatic heterocycles. The maximum atomic E-state index is 11.6. The zero-order valence-electron chi connectivity index (χ0n) is 7.47. The number of carbonyl (C=O) groups excluding carboxylic acids is 1. The Hall–Kier alpha value is -0.450. The number of ether oxygens (including phenoxy) is 1. The Labute approximate surface area is 86.2 Å². The van der Waals surface area contributed by atoms with E-state index in [1.54, 1.807) is 0 Å². The first kappa shape index (κ1) is 13.5. The Balaban J connectivity index is 0.00000169. The van der Waals surface area contributed by atoms with Crippen molar-refractivity contribution in [1.82, 2.24) is 0 Å². The van der Waals surface area contributed by atoms with Gasteiger partial charge in [0.05, 0.1) is 5.92 Å². The molecule has 0 bridgehead atoms. The molecule has 0 spiro atoms. The Morgan fingerprint density at radius 2 is 1.64 bits per heavy atom. The van der Waals surface area contributed by atoms with Crippen molar-refractivity contribution in [3.05, 3.63) is 0 Å². The van der Waals surface area contributed by atoms with Crippen LogP contribution in [0.4, 0.5) is 13.2 Å². The van der Waals surface area contributed by atoms with Crippen molar-refractivity contribution in [2.75, 3.05) is 0 Å². The normalized spacial score (nSPS) is 18.5. The van der Waals surface area contributed by atoms with Crippen molar-refractivity contribution in [2.45, 2.75) is 38.5 Å². The van der Waals surface area contributed by atoms with Gasteiger partial charge in [0.15, 0.2) is 0 Å². The summed E-state index contributed by atoms with van der Waals surface area (Å²) in [7, 11) is 0. The lowest BCUT2D eigenvalue weighted by Crippen LogP contribution is -2.27. The van der Waals surface area contributed by atoms with Crippen molar-refractivity contribution < 1.29 is 22.7 Å². The molecule has 1 aliphatic carbocycles. The summed E-state index contributed by atoms with van der Waals surface area (Å²) in [6, 6.07) is 0. The summed E-state index contributed by atoms with van der Waals surface area (Å²) >= 11 is 0. The zero-order chi connectivity index (χ0) is 9.90. The van der Waals surface area contributed by atoms with Crippen molar-refractivity contribution in [3.63, 3.8) is 0 Å². The van der Waals surface area contributed by atoms with E-state index in [-0.39, 0.29) is 12.4 Å². The Morgan fingerprint density at radius 1 is 1.14 bits per heavy atom. The summed E-state index contributed by atoms with van der Waals surface area (Å²) in [5.74, 6) is -1.66. The minimum atomic E-state index is -4.82. The lowest BCUT2D eigenvalue weighted by Gasteiger charge is -2.20. The zero-order valence-corrected chi connectivity index (χ0v) is 8.29. The molecular weight excluding hydrogens is 221 g/mol. The number of hydrogen-bond acceptors (Lipinski definition) is 2. The fourth-order valence-corrected chi connectivity index (χ4v) is 1.54. The lowest BCUT2D eigenvalue weighted by molar-refractivity contribution is -0.308. The molecule has 0 radical (unpaired) electrons. The van der Waals surface area contributed by atoms with Gasteiger partial charge in [0, 0.05) is 0 Å². The predicted molar refractivity (Wildman–Crippen MR) is 46.0 cm³/mol. The molecule has 1 rings (SSSR count). The standard InChI is InChI=1S/C8H11F3O2.ClH/c9-8(10,11)13-7(12)6-4-2-1-3-5-6;/h6H,1-5H2;1H. The molecule has 0 unspecified atom stereocenters. The average molecular weight is 233 g/mol. The van der Waals surface area contributed by atoms with Gasteiger partial charge in [-0.25, -0.2) is 0 Å². The highest BCUT2D eigenvalue weighted by Crippen LogP contribution is 2.27. The van der Waals surface area contributed by atoms with Gasteiger partial charge in [0.2, 0.25) is 0 Å². The van der Waals surface area contributed by atoms with E-state index < -0.39 is 18.2 Å². The highest BCUT2D eigenvalue weighted by molar-refractivity contribution is 5.85. The van der Waals surface area contributed by atoms with E-state index in [0.717, 1.165) is 19.3 Å². The molecule has 1 saturated carbocycles. The van der Waals surface area contributed by atoms with Gasteiger partial charge >= 0.3 is 12.3 Å². The molecule has 14 heavy (non-hydrogen) atoms. The average Bonchev–Trinajstić information content (AvgIpc) is 2.03. The number of rotatable bonds is 1. The molecule has 1 aliphatic rings. The summed E-state index contributed by atoms with van der Waals surface area (Å²) < 4.78 is 38.2. The number of halogens is 4. The molecule has 0 aromatic rings. The summed E-state index contributed by atoms with van der Waals surface area (Å²) in [6.45, 7) is 0. The fraction of sp³-hybridized carbons (Fsp3) is 0.875. The second kappa shape index (κ2) is 5.44. The Kier molecular flexibility index (Phi) is 5.26. The maximum Gasteiger partial charge on any atom is 0.575 e. The van der Waals surface area contributed by atoms with Crippen LogP contribution in [0.2, 0.25) is 0 Å². The molecule has 0 saturated heterocycles. The second-order valence-corrected chi connectivity index (χ2v) is 3.20. The van der Waals surface area contributed by atoms with Gasteiger partial charge in [0.1, 0.15) is 0 Å². The van der Waals surface area contributed by atoms with Crippen LogP contribution in [0.1, 0.15) is 32.1 Å². The fourth-order valence-electron chi connectivity index (χ4n) is 1.54. The maximum absolute atomic E-state index is 11.6. The molecule has 0 aromatic carbocycles. The van der Waals surface area contributed by atoms with E-state index in [0.29, 0.717) is 12.8 Å². The first-order valence-electron chi connectivity index (χ1n) is 4.28. The van der Waals surface area contributed by atoms with Gasteiger partial charge in [-0.05, 0) is 12.8 Å². The molecule has 0 atom stereocenters. The van der Waals surface area contributed by atoms with E-state index in [9.17, 15) is 18.0 Å². The third-order valence-corrected chi connectivity index (χ3v) is 2.15. The van der Waals surface area contributed by atoms with Crippen LogP contribution in [0.3, 0.4) is 0 Å². The van der Waals surface area contributed by atoms with E-state index in [1.807, 2.05) is 0 Å². The second-order valence-electron chi connectivity index (χ2n) is 3.20. The van der Waals surface area contributed by atoms with Crippen molar-refractivity contribution >= 4 is 18.4 Å². The van der Waals surface area contributed by atoms with Gasteiger partial charge in [-0.3, -0.25) is 4.79 Å². The van der Waals surface area contributed by atoms with Crippen LogP contribution >= 0.6 is 12.4 Å². The number of hydrogen-bond donors (Lipinski definition) is 0. The van der Waals surface area contributed by atoms with Crippen molar-refractivity contribution in [3.8, 4) is 0 Å². The van der Waals surface area contributed by atoms with Crippen LogP contribution in [0.5, 0.6) is 0 Å². The summed E-state index contributed by atoms with van der Waals surface area (Å²) in [6.07, 6.45) is -1.15. The van der Waals surface area contributed by atoms with Gasteiger partial charge < -0.3 is 4.74 Å². The molecule has 0 aromatic heterocycles. The van der Waals surface area contributed by atoms with Crippen molar-refractivity contribution in [2.24, 2.45) is 5.92 Å². The number of esters is 1. The van der Waals surface area contributed by atoms with Crippen LogP contribution in [-0.2, 0) is 9.53 Å². The summed E-state index contributed by atoms with van der Waals surface area (Å²) in [5.41, 5.74) is 0. The lowest BCUT2D eigenvalue weighted by atomic mass is 9.89.